The molecular weight excluding hydrogens is 278 g/mol. The third kappa shape index (κ3) is 2.95. The van der Waals surface area contributed by atoms with Gasteiger partial charge in [0, 0.05) is 18.0 Å². The minimum Gasteiger partial charge on any atom is -0.280 e. The van der Waals surface area contributed by atoms with Gasteiger partial charge in [-0.2, -0.15) is 10.4 Å². The van der Waals surface area contributed by atoms with Crippen LogP contribution in [-0.2, 0) is 10.0 Å². The Morgan fingerprint density at radius 2 is 2.15 bits per heavy atom. The van der Waals surface area contributed by atoms with Crippen LogP contribution in [0.25, 0.3) is 0 Å². The Balaban J connectivity index is 2.23. The van der Waals surface area contributed by atoms with Crippen LogP contribution < -0.4 is 4.72 Å². The fourth-order valence-corrected chi connectivity index (χ4v) is 2.42. The lowest BCUT2D eigenvalue weighted by atomic mass is 10.1. The van der Waals surface area contributed by atoms with Gasteiger partial charge in [-0.1, -0.05) is 13.8 Å². The van der Waals surface area contributed by atoms with Crippen molar-refractivity contribution in [3.63, 3.8) is 0 Å². The minimum absolute atomic E-state index is 0.0226. The molecule has 2 N–H and O–H groups in total. The lowest BCUT2D eigenvalue weighted by Gasteiger charge is -2.04. The summed E-state index contributed by atoms with van der Waals surface area (Å²) >= 11 is 0. The zero-order valence-corrected chi connectivity index (χ0v) is 11.8. The predicted octanol–water partition coefficient (Wildman–Crippen LogP) is 1.60. The van der Waals surface area contributed by atoms with Gasteiger partial charge in [0.15, 0.2) is 5.82 Å². The van der Waals surface area contributed by atoms with Crippen molar-refractivity contribution in [1.82, 2.24) is 15.2 Å². The van der Waals surface area contributed by atoms with Gasteiger partial charge in [0.2, 0.25) is 0 Å². The summed E-state index contributed by atoms with van der Waals surface area (Å²) in [4.78, 5) is 3.71. The molecule has 2 aromatic heterocycles. The zero-order chi connectivity index (χ0) is 14.8. The molecule has 104 valence electrons. The Hall–Kier alpha value is -2.40. The van der Waals surface area contributed by atoms with Crippen LogP contribution >= 0.6 is 0 Å². The molecule has 0 radical (unpaired) electrons. The van der Waals surface area contributed by atoms with Crippen LogP contribution in [0.4, 0.5) is 5.82 Å². The minimum atomic E-state index is -3.76. The van der Waals surface area contributed by atoms with Crippen molar-refractivity contribution in [2.75, 3.05) is 4.72 Å². The van der Waals surface area contributed by atoms with Crippen LogP contribution in [0.15, 0.2) is 29.3 Å². The van der Waals surface area contributed by atoms with Crippen molar-refractivity contribution in [3.05, 3.63) is 35.8 Å². The van der Waals surface area contributed by atoms with E-state index in [2.05, 4.69) is 19.9 Å². The van der Waals surface area contributed by atoms with E-state index < -0.39 is 10.0 Å². The van der Waals surface area contributed by atoms with E-state index in [4.69, 9.17) is 5.26 Å². The number of anilines is 1. The average Bonchev–Trinajstić information content (AvgIpc) is 2.87. The third-order valence-corrected chi connectivity index (χ3v) is 3.96. The first kappa shape index (κ1) is 14.0. The molecule has 2 heterocycles. The molecule has 0 fully saturated rings. The van der Waals surface area contributed by atoms with Crippen molar-refractivity contribution in [3.8, 4) is 6.07 Å². The molecule has 0 atom stereocenters. The summed E-state index contributed by atoms with van der Waals surface area (Å²) in [5.41, 5.74) is 0.992. The lowest BCUT2D eigenvalue weighted by molar-refractivity contribution is 0.600. The Morgan fingerprint density at radius 3 is 2.65 bits per heavy atom. The maximum absolute atomic E-state index is 12.1. The largest absolute Gasteiger partial charge is 0.280 e. The van der Waals surface area contributed by atoms with E-state index in [1.807, 2.05) is 19.9 Å². The summed E-state index contributed by atoms with van der Waals surface area (Å²) in [5, 5.41) is 15.3. The molecule has 0 bridgehead atoms. The monoisotopic (exact) mass is 291 g/mol. The molecule has 2 rings (SSSR count). The van der Waals surface area contributed by atoms with Gasteiger partial charge >= 0.3 is 0 Å². The average molecular weight is 291 g/mol. The molecule has 20 heavy (non-hydrogen) atoms. The smallest absolute Gasteiger partial charge is 0.264 e. The summed E-state index contributed by atoms with van der Waals surface area (Å²) in [6, 6.07) is 6.13. The zero-order valence-electron chi connectivity index (χ0n) is 11.0. The molecule has 0 spiro atoms. The molecule has 0 saturated carbocycles. The maximum Gasteiger partial charge on any atom is 0.264 e. The maximum atomic E-state index is 12.1. The van der Waals surface area contributed by atoms with Crippen LogP contribution in [0.2, 0.25) is 0 Å². The van der Waals surface area contributed by atoms with Crippen molar-refractivity contribution >= 4 is 15.8 Å². The summed E-state index contributed by atoms with van der Waals surface area (Å²) in [6.45, 7) is 3.94. The fraction of sp³-hybridized carbons (Fsp3) is 0.250. The number of sulfonamides is 1. The van der Waals surface area contributed by atoms with Crippen LogP contribution in [0, 0.1) is 11.3 Å². The van der Waals surface area contributed by atoms with E-state index in [-0.39, 0.29) is 22.3 Å². The fourth-order valence-electron chi connectivity index (χ4n) is 1.49. The first-order chi connectivity index (χ1) is 9.42. The van der Waals surface area contributed by atoms with Crippen molar-refractivity contribution in [1.29, 1.82) is 5.26 Å². The number of nitrogens with one attached hydrogen (secondary N) is 2. The molecule has 0 unspecified atom stereocenters. The molecule has 8 heteroatoms. The van der Waals surface area contributed by atoms with E-state index in [1.54, 1.807) is 6.07 Å². The van der Waals surface area contributed by atoms with Gasteiger partial charge < -0.3 is 0 Å². The highest BCUT2D eigenvalue weighted by Crippen LogP contribution is 2.18. The summed E-state index contributed by atoms with van der Waals surface area (Å²) in [6.07, 6.45) is 1.14. The number of H-pyrrole nitrogens is 1. The Labute approximate surface area is 116 Å². The topological polar surface area (TPSA) is 112 Å². The first-order valence-electron chi connectivity index (χ1n) is 5.86. The SMILES string of the molecule is CC(C)c1cc(NS(=O)(=O)c2ccc(C#N)nc2)n[nH]1. The van der Waals surface area contributed by atoms with E-state index >= 15 is 0 Å². The second-order valence-electron chi connectivity index (χ2n) is 4.46. The molecular formula is C12H13N5O2S. The number of hydrogen-bond acceptors (Lipinski definition) is 5. The Kier molecular flexibility index (Phi) is 3.72. The highest BCUT2D eigenvalue weighted by atomic mass is 32.2. The molecule has 0 amide bonds. The number of aromatic amines is 1. The number of nitriles is 1. The van der Waals surface area contributed by atoms with Gasteiger partial charge in [-0.3, -0.25) is 9.82 Å². The number of nitrogens with zero attached hydrogens (tertiary/aromatic N) is 3. The first-order valence-corrected chi connectivity index (χ1v) is 7.35. The quantitative estimate of drug-likeness (QED) is 0.888. The molecule has 0 aliphatic heterocycles. The Bertz CT molecular complexity index is 741. The standard InChI is InChI=1S/C12H13N5O2S/c1-8(2)11-5-12(16-15-11)17-20(18,19)10-4-3-9(6-13)14-7-10/h3-5,7-8H,1-2H3,(H2,15,16,17). The molecule has 2 aromatic rings. The van der Waals surface area contributed by atoms with Gasteiger partial charge in [-0.05, 0) is 18.1 Å². The third-order valence-electron chi connectivity index (χ3n) is 2.62. The van der Waals surface area contributed by atoms with E-state index in [0.29, 0.717) is 0 Å². The van der Waals surface area contributed by atoms with Crippen LogP contribution in [0.5, 0.6) is 0 Å². The van der Waals surface area contributed by atoms with Gasteiger partial charge in [0.25, 0.3) is 10.0 Å². The second-order valence-corrected chi connectivity index (χ2v) is 6.14. The number of hydrogen-bond donors (Lipinski definition) is 2. The van der Waals surface area contributed by atoms with E-state index in [1.165, 1.54) is 12.1 Å². The predicted molar refractivity (Wildman–Crippen MR) is 72.4 cm³/mol. The van der Waals surface area contributed by atoms with Crippen LogP contribution in [-0.4, -0.2) is 23.6 Å². The van der Waals surface area contributed by atoms with Crippen molar-refractivity contribution < 1.29 is 8.42 Å². The van der Waals surface area contributed by atoms with Crippen molar-refractivity contribution in [2.24, 2.45) is 0 Å². The van der Waals surface area contributed by atoms with E-state index in [0.717, 1.165) is 11.9 Å². The van der Waals surface area contributed by atoms with E-state index in [9.17, 15) is 8.42 Å². The highest BCUT2D eigenvalue weighted by Gasteiger charge is 2.16. The second kappa shape index (κ2) is 5.30. The van der Waals surface area contributed by atoms with Crippen LogP contribution in [0.1, 0.15) is 31.2 Å². The normalized spacial score (nSPS) is 11.3. The number of aromatic nitrogens is 3. The summed E-state index contributed by atoms with van der Waals surface area (Å²) in [7, 11) is -3.76. The highest BCUT2D eigenvalue weighted by molar-refractivity contribution is 7.92. The Morgan fingerprint density at radius 1 is 1.40 bits per heavy atom. The molecule has 7 nitrogen and oxygen atoms in total. The van der Waals surface area contributed by atoms with Gasteiger partial charge in [0.05, 0.1) is 0 Å². The van der Waals surface area contributed by atoms with Gasteiger partial charge in [-0.15, -0.1) is 0 Å². The van der Waals surface area contributed by atoms with Crippen LogP contribution in [0.3, 0.4) is 0 Å². The van der Waals surface area contributed by atoms with Gasteiger partial charge in [0.1, 0.15) is 16.7 Å². The number of pyridine rings is 1. The molecule has 0 saturated heterocycles. The molecule has 0 aliphatic carbocycles. The van der Waals surface area contributed by atoms with Crippen molar-refractivity contribution in [2.45, 2.75) is 24.7 Å². The number of rotatable bonds is 4. The summed E-state index contributed by atoms with van der Waals surface area (Å²) < 4.78 is 26.5. The molecule has 0 aliphatic rings. The lowest BCUT2D eigenvalue weighted by Crippen LogP contribution is -2.13. The molecule has 0 aromatic carbocycles. The van der Waals surface area contributed by atoms with Gasteiger partial charge in [-0.25, -0.2) is 13.4 Å². The summed E-state index contributed by atoms with van der Waals surface area (Å²) in [5.74, 6) is 0.440.